The molecule has 0 aromatic carbocycles. The smallest absolute Gasteiger partial charge is 0.327 e. The van der Waals surface area contributed by atoms with E-state index in [1.54, 1.807) is 0 Å². The minimum atomic E-state index is -1.19. The van der Waals surface area contributed by atoms with Crippen molar-refractivity contribution in [2.45, 2.75) is 43.8 Å². The van der Waals surface area contributed by atoms with Crippen molar-refractivity contribution in [3.05, 3.63) is 0 Å². The van der Waals surface area contributed by atoms with Gasteiger partial charge in [-0.3, -0.25) is 14.6 Å². The Morgan fingerprint density at radius 3 is 2.52 bits per heavy atom. The number of hydrogen-bond acceptors (Lipinski definition) is 6. The number of carboxylic acid groups (broad SMARTS) is 1. The van der Waals surface area contributed by atoms with Crippen molar-refractivity contribution in [3.8, 4) is 0 Å². The van der Waals surface area contributed by atoms with E-state index in [4.69, 9.17) is 16.6 Å². The highest BCUT2D eigenvalue weighted by molar-refractivity contribution is 7.80. The lowest BCUT2D eigenvalue weighted by Gasteiger charge is -2.22. The Morgan fingerprint density at radius 2 is 2.00 bits per heavy atom. The summed E-state index contributed by atoms with van der Waals surface area (Å²) in [7, 11) is 0. The number of carbonyl (C=O) groups excluding carboxylic acids is 2. The number of nitrogens with one attached hydrogen (secondary N) is 3. The number of guanidine groups is 1. The van der Waals surface area contributed by atoms with Gasteiger partial charge in [0.1, 0.15) is 12.1 Å². The summed E-state index contributed by atoms with van der Waals surface area (Å²) < 4.78 is 0. The van der Waals surface area contributed by atoms with E-state index < -0.39 is 24.0 Å². The third kappa shape index (κ3) is 7.61. The van der Waals surface area contributed by atoms with E-state index in [-0.39, 0.29) is 30.1 Å². The van der Waals surface area contributed by atoms with Crippen LogP contribution in [0.5, 0.6) is 0 Å². The number of nitrogens with two attached hydrogens (primary N) is 2. The summed E-state index contributed by atoms with van der Waals surface area (Å²) in [6, 6.07) is -2.34. The van der Waals surface area contributed by atoms with E-state index in [1.807, 2.05) is 0 Å². The van der Waals surface area contributed by atoms with Crippen molar-refractivity contribution in [3.63, 3.8) is 0 Å². The first-order chi connectivity index (χ1) is 11.8. The first kappa shape index (κ1) is 21.0. The van der Waals surface area contributed by atoms with Crippen molar-refractivity contribution >= 4 is 36.4 Å². The SMILES string of the molecule is NC(N)=NCCCC(NC(=O)C1CCCN1)C(=O)NC(CS)C(=O)O. The van der Waals surface area contributed by atoms with Crippen molar-refractivity contribution in [2.24, 2.45) is 16.5 Å². The van der Waals surface area contributed by atoms with Crippen molar-refractivity contribution < 1.29 is 19.5 Å². The number of carbonyl (C=O) groups is 3. The Balaban J connectivity index is 2.67. The van der Waals surface area contributed by atoms with Crippen LogP contribution in [0.25, 0.3) is 0 Å². The molecule has 3 atom stereocenters. The number of amides is 2. The lowest BCUT2D eigenvalue weighted by atomic mass is 10.1. The average Bonchev–Trinajstić information content (AvgIpc) is 3.09. The molecular formula is C14H26N6O4S. The number of rotatable bonds is 10. The molecule has 0 radical (unpaired) electrons. The number of hydrogen-bond donors (Lipinski definition) is 7. The molecule has 8 N–H and O–H groups in total. The van der Waals surface area contributed by atoms with Crippen LogP contribution >= 0.6 is 12.6 Å². The summed E-state index contributed by atoms with van der Waals surface area (Å²) in [5.41, 5.74) is 10.5. The van der Waals surface area contributed by atoms with Crippen LogP contribution in [0.15, 0.2) is 4.99 Å². The minimum Gasteiger partial charge on any atom is -0.480 e. The number of thiol groups is 1. The van der Waals surface area contributed by atoms with Crippen LogP contribution in [0.4, 0.5) is 0 Å². The average molecular weight is 374 g/mol. The van der Waals surface area contributed by atoms with Crippen LogP contribution in [0, 0.1) is 0 Å². The molecular weight excluding hydrogens is 348 g/mol. The van der Waals surface area contributed by atoms with Gasteiger partial charge in [-0.2, -0.15) is 12.6 Å². The van der Waals surface area contributed by atoms with Gasteiger partial charge in [-0.15, -0.1) is 0 Å². The molecule has 1 fully saturated rings. The van der Waals surface area contributed by atoms with Gasteiger partial charge in [-0.05, 0) is 32.2 Å². The number of carboxylic acids is 1. The van der Waals surface area contributed by atoms with E-state index >= 15 is 0 Å². The predicted octanol–water partition coefficient (Wildman–Crippen LogP) is -2.22. The van der Waals surface area contributed by atoms with Crippen LogP contribution in [0.3, 0.4) is 0 Å². The Labute approximate surface area is 151 Å². The summed E-state index contributed by atoms with van der Waals surface area (Å²) in [6.45, 7) is 1.05. The molecule has 1 heterocycles. The van der Waals surface area contributed by atoms with Crippen molar-refractivity contribution in [1.82, 2.24) is 16.0 Å². The molecule has 0 bridgehead atoms. The first-order valence-corrected chi connectivity index (χ1v) is 8.71. The summed E-state index contributed by atoms with van der Waals surface area (Å²) in [5, 5.41) is 17.1. The quantitative estimate of drug-likeness (QED) is 0.0981. The summed E-state index contributed by atoms with van der Waals surface area (Å²) >= 11 is 3.91. The van der Waals surface area contributed by atoms with Gasteiger partial charge < -0.3 is 32.5 Å². The Hall–Kier alpha value is -2.01. The van der Waals surface area contributed by atoms with Crippen LogP contribution in [0.2, 0.25) is 0 Å². The Bertz CT molecular complexity index is 506. The zero-order valence-electron chi connectivity index (χ0n) is 13.9. The van der Waals surface area contributed by atoms with Gasteiger partial charge in [0, 0.05) is 12.3 Å². The molecule has 0 saturated carbocycles. The predicted molar refractivity (Wildman–Crippen MR) is 96.3 cm³/mol. The second-order valence-corrected chi connectivity index (χ2v) is 6.11. The molecule has 1 aliphatic rings. The van der Waals surface area contributed by atoms with Crippen LogP contribution in [-0.4, -0.2) is 65.8 Å². The van der Waals surface area contributed by atoms with Gasteiger partial charge in [0.2, 0.25) is 11.8 Å². The molecule has 142 valence electrons. The number of nitrogens with zero attached hydrogens (tertiary/aromatic N) is 1. The van der Waals surface area contributed by atoms with Crippen molar-refractivity contribution in [2.75, 3.05) is 18.8 Å². The van der Waals surface area contributed by atoms with Crippen molar-refractivity contribution in [1.29, 1.82) is 0 Å². The van der Waals surface area contributed by atoms with Gasteiger partial charge in [-0.1, -0.05) is 0 Å². The normalized spacial score (nSPS) is 18.8. The monoisotopic (exact) mass is 374 g/mol. The molecule has 0 spiro atoms. The molecule has 1 saturated heterocycles. The molecule has 11 heteroatoms. The zero-order valence-corrected chi connectivity index (χ0v) is 14.8. The molecule has 0 aliphatic carbocycles. The Morgan fingerprint density at radius 1 is 1.28 bits per heavy atom. The zero-order chi connectivity index (χ0) is 18.8. The molecule has 25 heavy (non-hydrogen) atoms. The summed E-state index contributed by atoms with van der Waals surface area (Å²) in [6.07, 6.45) is 2.32. The Kier molecular flexibility index (Phi) is 9.06. The van der Waals surface area contributed by atoms with Crippen LogP contribution < -0.4 is 27.4 Å². The van der Waals surface area contributed by atoms with E-state index in [2.05, 4.69) is 33.6 Å². The van der Waals surface area contributed by atoms with E-state index in [0.717, 1.165) is 13.0 Å². The number of aliphatic carboxylic acids is 1. The van der Waals surface area contributed by atoms with Crippen LogP contribution in [0.1, 0.15) is 25.7 Å². The molecule has 1 aliphatic heterocycles. The highest BCUT2D eigenvalue weighted by Crippen LogP contribution is 2.07. The highest BCUT2D eigenvalue weighted by Gasteiger charge is 2.29. The van der Waals surface area contributed by atoms with Gasteiger partial charge in [-0.25, -0.2) is 4.79 Å². The fraction of sp³-hybridized carbons (Fsp3) is 0.714. The lowest BCUT2D eigenvalue weighted by molar-refractivity contribution is -0.141. The fourth-order valence-corrected chi connectivity index (χ4v) is 2.66. The molecule has 0 aromatic heterocycles. The minimum absolute atomic E-state index is 0.0544. The van der Waals surface area contributed by atoms with E-state index in [1.165, 1.54) is 0 Å². The maximum absolute atomic E-state index is 12.4. The second kappa shape index (κ2) is 10.8. The molecule has 3 unspecified atom stereocenters. The van der Waals surface area contributed by atoms with Gasteiger partial charge in [0.25, 0.3) is 0 Å². The highest BCUT2D eigenvalue weighted by atomic mass is 32.1. The van der Waals surface area contributed by atoms with Crippen LogP contribution in [-0.2, 0) is 14.4 Å². The van der Waals surface area contributed by atoms with E-state index in [0.29, 0.717) is 19.4 Å². The van der Waals surface area contributed by atoms with E-state index in [9.17, 15) is 14.4 Å². The van der Waals surface area contributed by atoms with Gasteiger partial charge in [0.05, 0.1) is 6.04 Å². The third-order valence-corrected chi connectivity index (χ3v) is 4.12. The molecule has 2 amide bonds. The fourth-order valence-electron chi connectivity index (χ4n) is 2.41. The van der Waals surface area contributed by atoms with Gasteiger partial charge in [0.15, 0.2) is 5.96 Å². The lowest BCUT2D eigenvalue weighted by Crippen LogP contribution is -2.54. The topological polar surface area (TPSA) is 172 Å². The molecule has 0 aromatic rings. The molecule has 1 rings (SSSR count). The number of aliphatic imine (C=N–C) groups is 1. The second-order valence-electron chi connectivity index (χ2n) is 5.74. The maximum atomic E-state index is 12.4. The first-order valence-electron chi connectivity index (χ1n) is 8.08. The largest absolute Gasteiger partial charge is 0.480 e. The summed E-state index contributed by atoms with van der Waals surface area (Å²) in [4.78, 5) is 39.5. The van der Waals surface area contributed by atoms with Gasteiger partial charge >= 0.3 is 5.97 Å². The third-order valence-electron chi connectivity index (χ3n) is 3.75. The maximum Gasteiger partial charge on any atom is 0.327 e. The summed E-state index contributed by atoms with van der Waals surface area (Å²) in [5.74, 6) is -2.15. The standard InChI is InChI=1S/C14H26N6O4S/c15-14(16)18-6-2-4-9(12(22)20-10(7-25)13(23)24)19-11(21)8-3-1-5-17-8/h8-10,17,25H,1-7H2,(H,19,21)(H,20,22)(H,23,24)(H4,15,16,18). The molecule has 10 nitrogen and oxygen atoms in total.